The molecule has 2 rings (SSSR count). The van der Waals surface area contributed by atoms with E-state index in [2.05, 4.69) is 22.8 Å². The minimum Gasteiger partial charge on any atom is -0.480 e. The number of carbonyl (C=O) groups is 2. The third kappa shape index (κ3) is 3.05. The summed E-state index contributed by atoms with van der Waals surface area (Å²) in [5.41, 5.74) is 2.60. The molecule has 19 heavy (non-hydrogen) atoms. The van der Waals surface area contributed by atoms with E-state index in [-0.39, 0.29) is 0 Å². The molecule has 2 atom stereocenters. The maximum Gasteiger partial charge on any atom is 0.326 e. The zero-order chi connectivity index (χ0) is 13.8. The van der Waals surface area contributed by atoms with Crippen LogP contribution in [0.15, 0.2) is 24.3 Å². The second kappa shape index (κ2) is 5.73. The van der Waals surface area contributed by atoms with Gasteiger partial charge in [-0.2, -0.15) is 0 Å². The van der Waals surface area contributed by atoms with E-state index < -0.39 is 18.0 Å². The monoisotopic (exact) mass is 262 g/mol. The number of hydrogen-bond donors (Lipinski definition) is 3. The summed E-state index contributed by atoms with van der Waals surface area (Å²) in [7, 11) is 0. The van der Waals surface area contributed by atoms with Gasteiger partial charge in [-0.15, -0.1) is 0 Å². The van der Waals surface area contributed by atoms with E-state index in [0.29, 0.717) is 18.9 Å². The Bertz CT molecular complexity index is 487. The van der Waals surface area contributed by atoms with Gasteiger partial charge in [0.1, 0.15) is 6.04 Å². The van der Waals surface area contributed by atoms with Gasteiger partial charge in [-0.05, 0) is 24.0 Å². The molecule has 5 heteroatoms. The van der Waals surface area contributed by atoms with E-state index in [9.17, 15) is 9.59 Å². The number of nitrogens with one attached hydrogen (secondary N) is 2. The van der Waals surface area contributed by atoms with Gasteiger partial charge < -0.3 is 15.7 Å². The van der Waals surface area contributed by atoms with Crippen molar-refractivity contribution in [2.45, 2.75) is 31.7 Å². The number of aliphatic carboxylic acids is 1. The molecule has 0 saturated heterocycles. The SMILES string of the molecule is CC[C@@H](NC(=O)NCC1Cc2ccccc21)C(=O)O. The Morgan fingerprint density at radius 2 is 2.16 bits per heavy atom. The van der Waals surface area contributed by atoms with Crippen LogP contribution in [0.2, 0.25) is 0 Å². The molecule has 5 nitrogen and oxygen atoms in total. The number of carboxylic acid groups (broad SMARTS) is 1. The van der Waals surface area contributed by atoms with Crippen LogP contribution in [0.1, 0.15) is 30.4 Å². The van der Waals surface area contributed by atoms with Crippen molar-refractivity contribution in [3.8, 4) is 0 Å². The van der Waals surface area contributed by atoms with Gasteiger partial charge in [0.25, 0.3) is 0 Å². The first-order valence-corrected chi connectivity index (χ1v) is 6.46. The van der Waals surface area contributed by atoms with Crippen LogP contribution in [0.4, 0.5) is 4.79 Å². The molecule has 1 aliphatic carbocycles. The minimum absolute atomic E-state index is 0.340. The van der Waals surface area contributed by atoms with Crippen LogP contribution in [-0.2, 0) is 11.2 Å². The van der Waals surface area contributed by atoms with E-state index in [1.165, 1.54) is 11.1 Å². The Hall–Kier alpha value is -2.04. The first kappa shape index (κ1) is 13.4. The molecule has 1 aromatic rings. The molecule has 2 amide bonds. The van der Waals surface area contributed by atoms with Crippen molar-refractivity contribution in [3.63, 3.8) is 0 Å². The maximum absolute atomic E-state index is 11.6. The van der Waals surface area contributed by atoms with Gasteiger partial charge in [0.2, 0.25) is 0 Å². The van der Waals surface area contributed by atoms with Crippen LogP contribution < -0.4 is 10.6 Å². The van der Waals surface area contributed by atoms with Crippen molar-refractivity contribution in [1.82, 2.24) is 10.6 Å². The molecule has 1 unspecified atom stereocenters. The zero-order valence-electron chi connectivity index (χ0n) is 10.8. The molecule has 1 aromatic carbocycles. The number of carboxylic acids is 1. The van der Waals surface area contributed by atoms with E-state index >= 15 is 0 Å². The van der Waals surface area contributed by atoms with E-state index in [0.717, 1.165) is 6.42 Å². The fourth-order valence-electron chi connectivity index (χ4n) is 2.31. The van der Waals surface area contributed by atoms with Crippen LogP contribution in [0.25, 0.3) is 0 Å². The van der Waals surface area contributed by atoms with Crippen molar-refractivity contribution < 1.29 is 14.7 Å². The largest absolute Gasteiger partial charge is 0.480 e. The van der Waals surface area contributed by atoms with Gasteiger partial charge in [0, 0.05) is 12.5 Å². The quantitative estimate of drug-likeness (QED) is 0.752. The fraction of sp³-hybridized carbons (Fsp3) is 0.429. The van der Waals surface area contributed by atoms with Crippen molar-refractivity contribution in [3.05, 3.63) is 35.4 Å². The lowest BCUT2D eigenvalue weighted by molar-refractivity contribution is -0.139. The number of amides is 2. The predicted molar refractivity (Wildman–Crippen MR) is 71.1 cm³/mol. The van der Waals surface area contributed by atoms with Crippen LogP contribution in [-0.4, -0.2) is 29.7 Å². The maximum atomic E-state index is 11.6. The van der Waals surface area contributed by atoms with Gasteiger partial charge in [-0.3, -0.25) is 0 Å². The van der Waals surface area contributed by atoms with Crippen molar-refractivity contribution in [1.29, 1.82) is 0 Å². The smallest absolute Gasteiger partial charge is 0.326 e. The Kier molecular flexibility index (Phi) is 4.04. The standard InChI is InChI=1S/C14H18N2O3/c1-2-12(13(17)18)16-14(19)15-8-10-7-9-5-3-4-6-11(9)10/h3-6,10,12H,2,7-8H2,1H3,(H,17,18)(H2,15,16,19)/t10?,12-/m1/s1. The molecule has 0 heterocycles. The first-order chi connectivity index (χ1) is 9.11. The Morgan fingerprint density at radius 1 is 1.42 bits per heavy atom. The highest BCUT2D eigenvalue weighted by molar-refractivity contribution is 5.82. The lowest BCUT2D eigenvalue weighted by Crippen LogP contribution is -2.47. The minimum atomic E-state index is -1.01. The number of carbonyl (C=O) groups excluding carboxylic acids is 1. The normalized spacial score (nSPS) is 17.8. The summed E-state index contributed by atoms with van der Waals surface area (Å²) in [4.78, 5) is 22.4. The van der Waals surface area contributed by atoms with Crippen molar-refractivity contribution in [2.75, 3.05) is 6.54 Å². The van der Waals surface area contributed by atoms with Gasteiger partial charge in [0.15, 0.2) is 0 Å². The third-order valence-electron chi connectivity index (χ3n) is 3.48. The first-order valence-electron chi connectivity index (χ1n) is 6.46. The lowest BCUT2D eigenvalue weighted by Gasteiger charge is -2.30. The molecular weight excluding hydrogens is 244 g/mol. The molecular formula is C14H18N2O3. The topological polar surface area (TPSA) is 78.4 Å². The summed E-state index contributed by atoms with van der Waals surface area (Å²) in [5, 5.41) is 14.0. The molecule has 0 aliphatic heterocycles. The molecule has 0 aromatic heterocycles. The zero-order valence-corrected chi connectivity index (χ0v) is 10.8. The molecule has 0 spiro atoms. The summed E-state index contributed by atoms with van der Waals surface area (Å²) in [6, 6.07) is 6.90. The number of hydrogen-bond acceptors (Lipinski definition) is 2. The van der Waals surface area contributed by atoms with Crippen LogP contribution in [0.5, 0.6) is 0 Å². The fourth-order valence-corrected chi connectivity index (χ4v) is 2.31. The van der Waals surface area contributed by atoms with Gasteiger partial charge in [-0.1, -0.05) is 31.2 Å². The molecule has 3 N–H and O–H groups in total. The number of benzene rings is 1. The summed E-state index contributed by atoms with van der Waals surface area (Å²) < 4.78 is 0. The second-order valence-electron chi connectivity index (χ2n) is 4.75. The average molecular weight is 262 g/mol. The van der Waals surface area contributed by atoms with E-state index in [4.69, 9.17) is 5.11 Å². The highest BCUT2D eigenvalue weighted by Crippen LogP contribution is 2.33. The molecule has 0 bridgehead atoms. The highest BCUT2D eigenvalue weighted by atomic mass is 16.4. The second-order valence-corrected chi connectivity index (χ2v) is 4.75. The van der Waals surface area contributed by atoms with Gasteiger partial charge >= 0.3 is 12.0 Å². The number of fused-ring (bicyclic) bond motifs is 1. The number of urea groups is 1. The van der Waals surface area contributed by atoms with Crippen LogP contribution in [0.3, 0.4) is 0 Å². The molecule has 0 radical (unpaired) electrons. The lowest BCUT2D eigenvalue weighted by atomic mass is 9.78. The molecule has 0 fully saturated rings. The van der Waals surface area contributed by atoms with E-state index in [1.807, 2.05) is 12.1 Å². The highest BCUT2D eigenvalue weighted by Gasteiger charge is 2.26. The number of rotatable bonds is 5. The van der Waals surface area contributed by atoms with Crippen LogP contribution in [0, 0.1) is 0 Å². The molecule has 102 valence electrons. The Labute approximate surface area is 112 Å². The summed E-state index contributed by atoms with van der Waals surface area (Å²) in [5.74, 6) is -0.668. The Morgan fingerprint density at radius 3 is 2.79 bits per heavy atom. The van der Waals surface area contributed by atoms with Crippen molar-refractivity contribution >= 4 is 12.0 Å². The summed E-state index contributed by atoms with van der Waals surface area (Å²) in [6.45, 7) is 2.26. The average Bonchev–Trinajstić information content (AvgIpc) is 2.36. The van der Waals surface area contributed by atoms with Gasteiger partial charge in [0.05, 0.1) is 0 Å². The van der Waals surface area contributed by atoms with Crippen LogP contribution >= 0.6 is 0 Å². The molecule has 1 aliphatic rings. The summed E-state index contributed by atoms with van der Waals surface area (Å²) >= 11 is 0. The van der Waals surface area contributed by atoms with Gasteiger partial charge in [-0.25, -0.2) is 9.59 Å². The Balaban J connectivity index is 1.78. The predicted octanol–water partition coefficient (Wildman–Crippen LogP) is 1.49. The van der Waals surface area contributed by atoms with E-state index in [1.54, 1.807) is 6.92 Å². The van der Waals surface area contributed by atoms with Crippen molar-refractivity contribution in [2.24, 2.45) is 0 Å². The summed E-state index contributed by atoms with van der Waals surface area (Å²) in [6.07, 6.45) is 1.33. The third-order valence-corrected chi connectivity index (χ3v) is 3.48. The molecule has 0 saturated carbocycles.